The Morgan fingerprint density at radius 3 is 2.57 bits per heavy atom. The van der Waals surface area contributed by atoms with Gasteiger partial charge < -0.3 is 15.4 Å². The summed E-state index contributed by atoms with van der Waals surface area (Å²) in [4.78, 5) is 24.0. The maximum Gasteiger partial charge on any atom is 0.424 e. The molecule has 1 aromatic carbocycles. The monoisotopic (exact) mass is 440 g/mol. The Bertz CT molecular complexity index is 999. The summed E-state index contributed by atoms with van der Waals surface area (Å²) in [5.74, 6) is -0.580. The van der Waals surface area contributed by atoms with Gasteiger partial charge >= 0.3 is 6.18 Å². The molecule has 2 aromatic heterocycles. The summed E-state index contributed by atoms with van der Waals surface area (Å²) >= 11 is 0.675. The molecule has 3 N–H and O–H groups in total. The first-order valence-electron chi connectivity index (χ1n) is 9.51. The molecule has 0 aliphatic carbocycles. The molecule has 0 fully saturated rings. The number of halogens is 3. The Labute approximate surface area is 175 Å². The van der Waals surface area contributed by atoms with Crippen LogP contribution in [0.1, 0.15) is 49.3 Å². The fourth-order valence-corrected chi connectivity index (χ4v) is 4.05. The Morgan fingerprint density at radius 2 is 2.00 bits per heavy atom. The predicted molar refractivity (Wildman–Crippen MR) is 108 cm³/mol. The first kappa shape index (κ1) is 22.2. The lowest BCUT2D eigenvalue weighted by Crippen LogP contribution is -2.47. The van der Waals surface area contributed by atoms with Crippen molar-refractivity contribution < 1.29 is 23.1 Å². The van der Waals surface area contributed by atoms with E-state index in [4.69, 9.17) is 0 Å². The van der Waals surface area contributed by atoms with E-state index in [1.165, 1.54) is 12.3 Å². The molecule has 0 spiro atoms. The largest absolute Gasteiger partial charge is 0.424 e. The van der Waals surface area contributed by atoms with Crippen LogP contribution in [0.2, 0.25) is 0 Å². The van der Waals surface area contributed by atoms with Gasteiger partial charge in [0.1, 0.15) is 10.8 Å². The number of thiazole rings is 1. The average molecular weight is 440 g/mol. The summed E-state index contributed by atoms with van der Waals surface area (Å²) in [7, 11) is 0. The van der Waals surface area contributed by atoms with Gasteiger partial charge in [-0.15, -0.1) is 11.3 Å². The number of H-pyrrole nitrogens is 1. The molecule has 2 heterocycles. The van der Waals surface area contributed by atoms with Crippen molar-refractivity contribution in [1.29, 1.82) is 0 Å². The number of hydrogen-bond donors (Lipinski definition) is 3. The highest BCUT2D eigenvalue weighted by Crippen LogP contribution is 2.43. The summed E-state index contributed by atoms with van der Waals surface area (Å²) in [5, 5.41) is 13.9. The van der Waals surface area contributed by atoms with Gasteiger partial charge in [-0.3, -0.25) is 4.79 Å². The van der Waals surface area contributed by atoms with Crippen LogP contribution in [0.4, 0.5) is 13.2 Å². The van der Waals surface area contributed by atoms with Crippen molar-refractivity contribution in [3.8, 4) is 0 Å². The van der Waals surface area contributed by atoms with Gasteiger partial charge in [0.15, 0.2) is 0 Å². The number of para-hydroxylation sites is 2. The number of nitrogens with zero attached hydrogens (tertiary/aromatic N) is 2. The standard InChI is InChI=1S/C20H23F3N4O2S/c1-4-11(2)16(17-25-13-7-5-6-8-14(13)26-17)27-15(28)9-19(29,20(21,22)23)18-24-12(3)10-30-18/h5-8,10-11,16,29H,4,9H2,1-3H3,(H,25,26)(H,27,28). The van der Waals surface area contributed by atoms with Gasteiger partial charge in [-0.2, -0.15) is 13.2 Å². The van der Waals surface area contributed by atoms with Crippen LogP contribution >= 0.6 is 11.3 Å². The van der Waals surface area contributed by atoms with Gasteiger partial charge in [0.05, 0.1) is 23.5 Å². The maximum absolute atomic E-state index is 13.7. The van der Waals surface area contributed by atoms with Gasteiger partial charge in [0.2, 0.25) is 11.5 Å². The predicted octanol–water partition coefficient (Wildman–Crippen LogP) is 4.37. The quantitative estimate of drug-likeness (QED) is 0.509. The highest BCUT2D eigenvalue weighted by atomic mass is 32.1. The Hall–Kier alpha value is -2.46. The smallest absolute Gasteiger partial charge is 0.374 e. The molecule has 0 saturated heterocycles. The molecule has 0 aliphatic heterocycles. The summed E-state index contributed by atoms with van der Waals surface area (Å²) in [6.07, 6.45) is -5.58. The SMILES string of the molecule is CCC(C)C(NC(=O)CC(O)(c1nc(C)cs1)C(F)(F)F)c1nc2ccccc2[nH]1. The third-order valence-electron chi connectivity index (χ3n) is 5.09. The number of aromatic amines is 1. The lowest BCUT2D eigenvalue weighted by atomic mass is 9.96. The molecule has 10 heteroatoms. The van der Waals surface area contributed by atoms with Crippen molar-refractivity contribution >= 4 is 28.3 Å². The molecule has 0 bridgehead atoms. The van der Waals surface area contributed by atoms with Crippen molar-refractivity contribution in [2.75, 3.05) is 0 Å². The molecule has 3 unspecified atom stereocenters. The normalized spacial score (nSPS) is 16.2. The van der Waals surface area contributed by atoms with E-state index in [1.807, 2.05) is 32.0 Å². The van der Waals surface area contributed by atoms with Crippen molar-refractivity contribution in [3.05, 3.63) is 46.2 Å². The molecular weight excluding hydrogens is 417 g/mol. The third-order valence-corrected chi connectivity index (χ3v) is 6.20. The van der Waals surface area contributed by atoms with Crippen LogP contribution in [0.15, 0.2) is 29.6 Å². The van der Waals surface area contributed by atoms with E-state index in [1.54, 1.807) is 6.07 Å². The van der Waals surface area contributed by atoms with Crippen molar-refractivity contribution in [1.82, 2.24) is 20.3 Å². The fraction of sp³-hybridized carbons (Fsp3) is 0.450. The average Bonchev–Trinajstić information content (AvgIpc) is 3.30. The van der Waals surface area contributed by atoms with Crippen LogP contribution < -0.4 is 5.32 Å². The van der Waals surface area contributed by atoms with Crippen molar-refractivity contribution in [2.24, 2.45) is 5.92 Å². The van der Waals surface area contributed by atoms with E-state index in [2.05, 4.69) is 20.3 Å². The second-order valence-corrected chi connectivity index (χ2v) is 8.26. The molecule has 0 aliphatic rings. The van der Waals surface area contributed by atoms with E-state index >= 15 is 0 Å². The molecule has 30 heavy (non-hydrogen) atoms. The fourth-order valence-electron chi connectivity index (χ4n) is 3.13. The lowest BCUT2D eigenvalue weighted by molar-refractivity contribution is -0.267. The minimum Gasteiger partial charge on any atom is -0.374 e. The molecule has 0 saturated carbocycles. The van der Waals surface area contributed by atoms with Crippen molar-refractivity contribution in [2.45, 2.75) is 51.4 Å². The summed E-state index contributed by atoms with van der Waals surface area (Å²) in [6, 6.07) is 6.65. The molecule has 3 atom stereocenters. The minimum absolute atomic E-state index is 0.101. The third kappa shape index (κ3) is 4.34. The van der Waals surface area contributed by atoms with Crippen LogP contribution in [0, 0.1) is 12.8 Å². The summed E-state index contributed by atoms with van der Waals surface area (Å²) in [6.45, 7) is 5.31. The number of carbonyl (C=O) groups is 1. The Balaban J connectivity index is 1.88. The van der Waals surface area contributed by atoms with E-state index in [0.29, 0.717) is 34.8 Å². The van der Waals surface area contributed by atoms with E-state index in [0.717, 1.165) is 5.52 Å². The molecule has 6 nitrogen and oxygen atoms in total. The first-order chi connectivity index (χ1) is 14.0. The van der Waals surface area contributed by atoms with Gasteiger partial charge in [0, 0.05) is 11.1 Å². The number of aromatic nitrogens is 3. The molecule has 1 amide bonds. The topological polar surface area (TPSA) is 90.9 Å². The van der Waals surface area contributed by atoms with Crippen LogP contribution in [0.5, 0.6) is 0 Å². The zero-order valence-electron chi connectivity index (χ0n) is 16.7. The number of fused-ring (bicyclic) bond motifs is 1. The summed E-state index contributed by atoms with van der Waals surface area (Å²) in [5.41, 5.74) is -1.55. The van der Waals surface area contributed by atoms with E-state index in [9.17, 15) is 23.1 Å². The maximum atomic E-state index is 13.7. The number of hydrogen-bond acceptors (Lipinski definition) is 5. The van der Waals surface area contributed by atoms with E-state index in [-0.39, 0.29) is 5.92 Å². The molecule has 3 aromatic rings. The number of rotatable bonds is 7. The van der Waals surface area contributed by atoms with Crippen LogP contribution in [0.3, 0.4) is 0 Å². The Kier molecular flexibility index (Phi) is 6.19. The number of aliphatic hydroxyl groups is 1. The number of nitrogens with one attached hydrogen (secondary N) is 2. The van der Waals surface area contributed by atoms with Crippen LogP contribution in [-0.4, -0.2) is 32.1 Å². The van der Waals surface area contributed by atoms with Gasteiger partial charge in [-0.05, 0) is 25.0 Å². The molecule has 3 rings (SSSR count). The number of amides is 1. The highest BCUT2D eigenvalue weighted by molar-refractivity contribution is 7.09. The van der Waals surface area contributed by atoms with E-state index < -0.39 is 35.2 Å². The van der Waals surface area contributed by atoms with Crippen LogP contribution in [-0.2, 0) is 10.4 Å². The number of aryl methyl sites for hydroxylation is 1. The number of carbonyl (C=O) groups excluding carboxylic acids is 1. The first-order valence-corrected chi connectivity index (χ1v) is 10.4. The van der Waals surface area contributed by atoms with Gasteiger partial charge in [-0.1, -0.05) is 32.4 Å². The highest BCUT2D eigenvalue weighted by Gasteiger charge is 2.58. The molecule has 0 radical (unpaired) electrons. The zero-order valence-corrected chi connectivity index (χ0v) is 17.6. The second-order valence-electron chi connectivity index (χ2n) is 7.40. The van der Waals surface area contributed by atoms with Crippen molar-refractivity contribution in [3.63, 3.8) is 0 Å². The van der Waals surface area contributed by atoms with Gasteiger partial charge in [-0.25, -0.2) is 9.97 Å². The zero-order chi connectivity index (χ0) is 22.1. The lowest BCUT2D eigenvalue weighted by Gasteiger charge is -2.29. The van der Waals surface area contributed by atoms with Crippen LogP contribution in [0.25, 0.3) is 11.0 Å². The van der Waals surface area contributed by atoms with Gasteiger partial charge in [0.25, 0.3) is 0 Å². The minimum atomic E-state index is -5.06. The molecule has 162 valence electrons. The number of benzene rings is 1. The number of imidazole rings is 1. The summed E-state index contributed by atoms with van der Waals surface area (Å²) < 4.78 is 41.1. The Morgan fingerprint density at radius 1 is 1.30 bits per heavy atom. The second kappa shape index (κ2) is 8.35. The number of alkyl halides is 3. The molecular formula is C20H23F3N4O2S.